The van der Waals surface area contributed by atoms with Crippen LogP contribution in [0.1, 0.15) is 17.7 Å². The number of alkyl halides is 3. The Morgan fingerprint density at radius 1 is 1.36 bits per heavy atom. The van der Waals surface area contributed by atoms with Crippen LogP contribution < -0.4 is 5.32 Å². The van der Waals surface area contributed by atoms with Gasteiger partial charge in [-0.2, -0.15) is 18.3 Å². The van der Waals surface area contributed by atoms with Crippen molar-refractivity contribution < 1.29 is 18.0 Å². The van der Waals surface area contributed by atoms with Crippen molar-refractivity contribution in [2.24, 2.45) is 0 Å². The normalized spacial score (nSPS) is 11.5. The lowest BCUT2D eigenvalue weighted by molar-refractivity contribution is -0.137. The molecule has 0 spiro atoms. The molecule has 0 aliphatic heterocycles. The molecule has 8 heteroatoms. The molecule has 0 saturated heterocycles. The number of hydrogen-bond donors (Lipinski definition) is 1. The first-order valence-corrected chi connectivity index (χ1v) is 7.22. The van der Waals surface area contributed by atoms with Crippen LogP contribution in [0, 0.1) is 6.92 Å². The van der Waals surface area contributed by atoms with Crippen LogP contribution in [0.25, 0.3) is 0 Å². The van der Waals surface area contributed by atoms with Gasteiger partial charge in [-0.3, -0.25) is 9.48 Å². The molecule has 0 fully saturated rings. The van der Waals surface area contributed by atoms with Gasteiger partial charge in [0.2, 0.25) is 5.91 Å². The van der Waals surface area contributed by atoms with Gasteiger partial charge in [-0.1, -0.05) is 12.1 Å². The molecule has 0 aliphatic carbocycles. The lowest BCUT2D eigenvalue weighted by Crippen LogP contribution is -2.18. The molecule has 1 amide bonds. The number of benzene rings is 1. The van der Waals surface area contributed by atoms with Crippen molar-refractivity contribution in [3.63, 3.8) is 0 Å². The van der Waals surface area contributed by atoms with E-state index >= 15 is 0 Å². The number of aromatic nitrogens is 2. The molecule has 2 aromatic rings. The zero-order chi connectivity index (χ0) is 16.3. The predicted molar refractivity (Wildman–Crippen MR) is 79.4 cm³/mol. The van der Waals surface area contributed by atoms with E-state index in [1.807, 2.05) is 6.92 Å². The van der Waals surface area contributed by atoms with Gasteiger partial charge in [0, 0.05) is 12.1 Å². The van der Waals surface area contributed by atoms with Crippen molar-refractivity contribution in [2.75, 3.05) is 5.32 Å². The Labute approximate surface area is 133 Å². The molecule has 0 atom stereocenters. The lowest BCUT2D eigenvalue weighted by atomic mass is 10.1. The molecule has 2 rings (SSSR count). The number of carbonyl (C=O) groups is 1. The van der Waals surface area contributed by atoms with Gasteiger partial charge in [-0.15, -0.1) is 0 Å². The van der Waals surface area contributed by atoms with Crippen molar-refractivity contribution in [2.45, 2.75) is 26.1 Å². The van der Waals surface area contributed by atoms with Gasteiger partial charge in [0.1, 0.15) is 0 Å². The van der Waals surface area contributed by atoms with Crippen LogP contribution in [0.4, 0.5) is 18.9 Å². The van der Waals surface area contributed by atoms with Crippen LogP contribution in [0.3, 0.4) is 0 Å². The predicted octanol–water partition coefficient (Wildman–Crippen LogP) is 4.00. The summed E-state index contributed by atoms with van der Waals surface area (Å²) in [5.74, 6) is -0.497. The number of carbonyl (C=O) groups excluding carboxylic acids is 1. The summed E-state index contributed by atoms with van der Waals surface area (Å²) < 4.78 is 40.9. The minimum atomic E-state index is -4.51. The van der Waals surface area contributed by atoms with E-state index in [0.717, 1.165) is 16.2 Å². The second kappa shape index (κ2) is 6.51. The van der Waals surface area contributed by atoms with Crippen LogP contribution in [0.15, 0.2) is 34.9 Å². The Bertz CT molecular complexity index is 682. The molecule has 1 N–H and O–H groups in total. The van der Waals surface area contributed by atoms with E-state index in [9.17, 15) is 18.0 Å². The smallest absolute Gasteiger partial charge is 0.325 e. The van der Waals surface area contributed by atoms with Gasteiger partial charge >= 0.3 is 6.18 Å². The third-order valence-electron chi connectivity index (χ3n) is 3.10. The molecule has 118 valence electrons. The Hall–Kier alpha value is -1.83. The Balaban J connectivity index is 2.03. The van der Waals surface area contributed by atoms with E-state index in [0.29, 0.717) is 0 Å². The number of amides is 1. The summed E-state index contributed by atoms with van der Waals surface area (Å²) in [6.07, 6.45) is -2.87. The highest BCUT2D eigenvalue weighted by Crippen LogP contribution is 2.34. The molecule has 1 aromatic heterocycles. The van der Waals surface area contributed by atoms with Crippen molar-refractivity contribution >= 4 is 27.5 Å². The first-order chi connectivity index (χ1) is 10.3. The van der Waals surface area contributed by atoms with Gasteiger partial charge in [-0.25, -0.2) is 0 Å². The van der Waals surface area contributed by atoms with Crippen molar-refractivity contribution in [3.8, 4) is 0 Å². The zero-order valence-corrected chi connectivity index (χ0v) is 13.2. The topological polar surface area (TPSA) is 46.9 Å². The number of hydrogen-bond acceptors (Lipinski definition) is 2. The molecule has 0 radical (unpaired) electrons. The van der Waals surface area contributed by atoms with Gasteiger partial charge in [-0.05, 0) is 35.0 Å². The quantitative estimate of drug-likeness (QED) is 0.877. The van der Waals surface area contributed by atoms with E-state index in [-0.39, 0.29) is 18.7 Å². The van der Waals surface area contributed by atoms with E-state index in [2.05, 4.69) is 26.3 Å². The Kier molecular flexibility index (Phi) is 4.90. The summed E-state index contributed by atoms with van der Waals surface area (Å²) in [6, 6.07) is 4.89. The Morgan fingerprint density at radius 2 is 2.05 bits per heavy atom. The zero-order valence-electron chi connectivity index (χ0n) is 11.6. The highest BCUT2D eigenvalue weighted by atomic mass is 79.9. The molecule has 0 aliphatic rings. The molecule has 0 unspecified atom stereocenters. The second-order valence-corrected chi connectivity index (χ2v) is 5.50. The maximum absolute atomic E-state index is 12.8. The largest absolute Gasteiger partial charge is 0.418 e. The van der Waals surface area contributed by atoms with E-state index in [1.54, 1.807) is 10.9 Å². The van der Waals surface area contributed by atoms with E-state index in [1.165, 1.54) is 18.2 Å². The van der Waals surface area contributed by atoms with E-state index < -0.39 is 17.6 Å². The summed E-state index contributed by atoms with van der Waals surface area (Å²) in [5.41, 5.74) is -0.247. The number of nitrogens with one attached hydrogen (secondary N) is 1. The summed E-state index contributed by atoms with van der Waals surface area (Å²) in [5, 5.41) is 6.36. The Morgan fingerprint density at radius 3 is 2.64 bits per heavy atom. The number of rotatable bonds is 4. The number of para-hydroxylation sites is 1. The minimum absolute atomic E-state index is 0.0289. The second-order valence-electron chi connectivity index (χ2n) is 4.64. The van der Waals surface area contributed by atoms with Crippen LogP contribution in [0.5, 0.6) is 0 Å². The van der Waals surface area contributed by atoms with Gasteiger partial charge in [0.15, 0.2) is 0 Å². The summed E-state index contributed by atoms with van der Waals surface area (Å²) in [7, 11) is 0. The first-order valence-electron chi connectivity index (χ1n) is 6.43. The summed E-state index contributed by atoms with van der Waals surface area (Å²) in [4.78, 5) is 11.9. The fourth-order valence-corrected chi connectivity index (χ4v) is 2.20. The summed E-state index contributed by atoms with van der Waals surface area (Å²) in [6.45, 7) is 2.12. The third kappa shape index (κ3) is 3.88. The van der Waals surface area contributed by atoms with Crippen molar-refractivity contribution in [1.29, 1.82) is 0 Å². The minimum Gasteiger partial charge on any atom is -0.325 e. The highest BCUT2D eigenvalue weighted by molar-refractivity contribution is 9.10. The molecule has 4 nitrogen and oxygen atoms in total. The maximum atomic E-state index is 12.8. The molecule has 1 heterocycles. The van der Waals surface area contributed by atoms with Gasteiger partial charge in [0.05, 0.1) is 28.5 Å². The van der Waals surface area contributed by atoms with Crippen LogP contribution in [-0.4, -0.2) is 15.7 Å². The fourth-order valence-electron chi connectivity index (χ4n) is 1.91. The molecular formula is C14H13BrF3N3O. The standard InChI is InChI=1S/C14H13BrF3N3O/c1-9-11(15)8-19-21(9)7-6-13(22)20-12-5-3-2-4-10(12)14(16,17)18/h2-5,8H,6-7H2,1H3,(H,20,22). The molecule has 0 bridgehead atoms. The molecule has 1 aromatic carbocycles. The fraction of sp³-hybridized carbons (Fsp3) is 0.286. The number of anilines is 1. The average molecular weight is 376 g/mol. The number of nitrogens with zero attached hydrogens (tertiary/aromatic N) is 2. The highest BCUT2D eigenvalue weighted by Gasteiger charge is 2.33. The summed E-state index contributed by atoms with van der Waals surface area (Å²) >= 11 is 3.30. The average Bonchev–Trinajstić information content (AvgIpc) is 2.76. The van der Waals surface area contributed by atoms with Crippen molar-refractivity contribution in [3.05, 3.63) is 46.2 Å². The molecule has 0 saturated carbocycles. The number of halogens is 4. The SMILES string of the molecule is Cc1c(Br)cnn1CCC(=O)Nc1ccccc1C(F)(F)F. The van der Waals surface area contributed by atoms with Crippen molar-refractivity contribution in [1.82, 2.24) is 9.78 Å². The first kappa shape index (κ1) is 16.5. The lowest BCUT2D eigenvalue weighted by Gasteiger charge is -2.13. The monoisotopic (exact) mass is 375 g/mol. The van der Waals surface area contributed by atoms with Crippen LogP contribution in [0.2, 0.25) is 0 Å². The third-order valence-corrected chi connectivity index (χ3v) is 3.88. The van der Waals surface area contributed by atoms with E-state index in [4.69, 9.17) is 0 Å². The molecular weight excluding hydrogens is 363 g/mol. The maximum Gasteiger partial charge on any atom is 0.418 e. The van der Waals surface area contributed by atoms with Crippen LogP contribution in [-0.2, 0) is 17.5 Å². The van der Waals surface area contributed by atoms with Gasteiger partial charge < -0.3 is 5.32 Å². The van der Waals surface area contributed by atoms with Crippen LogP contribution >= 0.6 is 15.9 Å². The van der Waals surface area contributed by atoms with Gasteiger partial charge in [0.25, 0.3) is 0 Å². The number of aryl methyl sites for hydroxylation is 1. The molecule has 22 heavy (non-hydrogen) atoms.